The van der Waals surface area contributed by atoms with Gasteiger partial charge in [0.1, 0.15) is 10.5 Å². The van der Waals surface area contributed by atoms with E-state index in [2.05, 4.69) is 9.97 Å². The summed E-state index contributed by atoms with van der Waals surface area (Å²) in [6, 6.07) is 6.73. The van der Waals surface area contributed by atoms with Gasteiger partial charge in [-0.05, 0) is 30.2 Å². The molecule has 0 aliphatic rings. The molecule has 0 saturated heterocycles. The number of H-pyrrole nitrogens is 1. The third-order valence-corrected chi connectivity index (χ3v) is 2.99. The Morgan fingerprint density at radius 1 is 1.25 bits per heavy atom. The predicted octanol–water partition coefficient (Wildman–Crippen LogP) is 4.78. The number of halogens is 3. The number of nitrogens with one attached hydrogen (secondary N) is 1. The van der Waals surface area contributed by atoms with Crippen LogP contribution in [0.5, 0.6) is 0 Å². The summed E-state index contributed by atoms with van der Waals surface area (Å²) < 4.78 is 38.5. The van der Waals surface area contributed by atoms with E-state index in [1.165, 1.54) is 6.07 Å². The van der Waals surface area contributed by atoms with Crippen LogP contribution >= 0.6 is 12.2 Å². The average molecular weight is 298 g/mol. The molecule has 1 N–H and O–H groups in total. The van der Waals surface area contributed by atoms with E-state index in [4.69, 9.17) is 12.2 Å². The summed E-state index contributed by atoms with van der Waals surface area (Å²) in [5, 5.41) is 0. The standard InChI is InChI=1S/C14H13F3N2S/c1-2-4-12-18-11(8-13(20)19-12)9-5-3-6-10(7-9)14(15,16)17/h3,5-8H,2,4H2,1H3,(H,18,19,20). The van der Waals surface area contributed by atoms with Crippen LogP contribution in [-0.4, -0.2) is 9.97 Å². The Morgan fingerprint density at radius 2 is 2.00 bits per heavy atom. The van der Waals surface area contributed by atoms with Crippen molar-refractivity contribution in [3.8, 4) is 11.3 Å². The second-order valence-corrected chi connectivity index (χ2v) is 4.83. The van der Waals surface area contributed by atoms with Gasteiger partial charge in [-0.15, -0.1) is 0 Å². The van der Waals surface area contributed by atoms with E-state index in [0.29, 0.717) is 28.1 Å². The van der Waals surface area contributed by atoms with Crippen LogP contribution in [0.15, 0.2) is 30.3 Å². The third-order valence-electron chi connectivity index (χ3n) is 2.78. The molecule has 0 unspecified atom stereocenters. The highest BCUT2D eigenvalue weighted by Gasteiger charge is 2.30. The molecule has 2 nitrogen and oxygen atoms in total. The molecule has 0 aliphatic carbocycles. The number of aromatic nitrogens is 2. The Morgan fingerprint density at radius 3 is 2.65 bits per heavy atom. The molecule has 0 aliphatic heterocycles. The summed E-state index contributed by atoms with van der Waals surface area (Å²) in [7, 11) is 0. The molecule has 2 aromatic rings. The number of hydrogen-bond donors (Lipinski definition) is 1. The SMILES string of the molecule is CCCc1nc(=S)cc(-c2cccc(C(F)(F)F)c2)[nH]1. The van der Waals surface area contributed by atoms with E-state index in [1.54, 1.807) is 12.1 Å². The van der Waals surface area contributed by atoms with E-state index in [9.17, 15) is 13.2 Å². The second kappa shape index (κ2) is 5.75. The molecule has 20 heavy (non-hydrogen) atoms. The van der Waals surface area contributed by atoms with Crippen molar-refractivity contribution in [1.29, 1.82) is 0 Å². The van der Waals surface area contributed by atoms with Gasteiger partial charge in [0.05, 0.1) is 5.56 Å². The lowest BCUT2D eigenvalue weighted by Gasteiger charge is -2.10. The van der Waals surface area contributed by atoms with Crippen LogP contribution in [-0.2, 0) is 12.6 Å². The molecular formula is C14H13F3N2S. The summed E-state index contributed by atoms with van der Waals surface area (Å²) in [5.41, 5.74) is 0.327. The lowest BCUT2D eigenvalue weighted by atomic mass is 10.1. The largest absolute Gasteiger partial charge is 0.416 e. The summed E-state index contributed by atoms with van der Waals surface area (Å²) in [5.74, 6) is 0.687. The topological polar surface area (TPSA) is 28.7 Å². The van der Waals surface area contributed by atoms with E-state index in [1.807, 2.05) is 6.92 Å². The number of aromatic amines is 1. The van der Waals surface area contributed by atoms with Crippen molar-refractivity contribution in [1.82, 2.24) is 9.97 Å². The third kappa shape index (κ3) is 3.45. The van der Waals surface area contributed by atoms with Gasteiger partial charge in [-0.3, -0.25) is 0 Å². The van der Waals surface area contributed by atoms with Crippen LogP contribution in [0, 0.1) is 4.64 Å². The molecule has 1 aromatic carbocycles. The molecule has 0 bridgehead atoms. The summed E-state index contributed by atoms with van der Waals surface area (Å²) in [4.78, 5) is 7.19. The Bertz CT molecular complexity index is 662. The van der Waals surface area contributed by atoms with Gasteiger partial charge in [0, 0.05) is 12.1 Å². The maximum Gasteiger partial charge on any atom is 0.416 e. The molecule has 0 fully saturated rings. The normalized spacial score (nSPS) is 11.6. The fourth-order valence-electron chi connectivity index (χ4n) is 1.88. The van der Waals surface area contributed by atoms with Crippen molar-refractivity contribution in [3.05, 3.63) is 46.4 Å². The quantitative estimate of drug-likeness (QED) is 0.826. The summed E-state index contributed by atoms with van der Waals surface area (Å²) >= 11 is 5.05. The second-order valence-electron chi connectivity index (χ2n) is 4.41. The first-order chi connectivity index (χ1) is 9.40. The maximum absolute atomic E-state index is 12.7. The van der Waals surface area contributed by atoms with Crippen molar-refractivity contribution in [2.24, 2.45) is 0 Å². The van der Waals surface area contributed by atoms with Gasteiger partial charge >= 0.3 is 6.18 Å². The molecule has 1 heterocycles. The van der Waals surface area contributed by atoms with Crippen LogP contribution in [0.2, 0.25) is 0 Å². The monoisotopic (exact) mass is 298 g/mol. The fraction of sp³-hybridized carbons (Fsp3) is 0.286. The van der Waals surface area contributed by atoms with E-state index in [0.717, 1.165) is 18.6 Å². The predicted molar refractivity (Wildman–Crippen MR) is 73.9 cm³/mol. The van der Waals surface area contributed by atoms with Crippen molar-refractivity contribution < 1.29 is 13.2 Å². The van der Waals surface area contributed by atoms with Crippen LogP contribution in [0.25, 0.3) is 11.3 Å². The van der Waals surface area contributed by atoms with Gasteiger partial charge in [0.2, 0.25) is 0 Å². The molecule has 1 aromatic heterocycles. The van der Waals surface area contributed by atoms with Crippen molar-refractivity contribution in [3.63, 3.8) is 0 Å². The minimum Gasteiger partial charge on any atom is -0.343 e. The number of aryl methyl sites for hydroxylation is 1. The number of hydrogen-bond acceptors (Lipinski definition) is 2. The first kappa shape index (κ1) is 14.7. The molecule has 0 saturated carbocycles. The summed E-state index contributed by atoms with van der Waals surface area (Å²) in [6.07, 6.45) is -2.77. The number of benzene rings is 1. The van der Waals surface area contributed by atoms with E-state index < -0.39 is 11.7 Å². The van der Waals surface area contributed by atoms with Crippen LogP contribution in [0.4, 0.5) is 13.2 Å². The van der Waals surface area contributed by atoms with Gasteiger partial charge in [-0.25, -0.2) is 4.98 Å². The zero-order valence-corrected chi connectivity index (χ0v) is 11.6. The Kier molecular flexibility index (Phi) is 4.23. The van der Waals surface area contributed by atoms with Gasteiger partial charge in [0.15, 0.2) is 0 Å². The van der Waals surface area contributed by atoms with Gasteiger partial charge in [-0.2, -0.15) is 13.2 Å². The highest BCUT2D eigenvalue weighted by molar-refractivity contribution is 7.71. The highest BCUT2D eigenvalue weighted by Crippen LogP contribution is 2.31. The zero-order valence-electron chi connectivity index (χ0n) is 10.8. The van der Waals surface area contributed by atoms with Crippen molar-refractivity contribution >= 4 is 12.2 Å². The molecule has 106 valence electrons. The molecular weight excluding hydrogens is 285 g/mol. The number of nitrogens with zero attached hydrogens (tertiary/aromatic N) is 1. The van der Waals surface area contributed by atoms with Crippen molar-refractivity contribution in [2.45, 2.75) is 25.9 Å². The van der Waals surface area contributed by atoms with E-state index in [-0.39, 0.29) is 0 Å². The lowest BCUT2D eigenvalue weighted by molar-refractivity contribution is -0.137. The highest BCUT2D eigenvalue weighted by atomic mass is 32.1. The Labute approximate surface area is 119 Å². The average Bonchev–Trinajstić information content (AvgIpc) is 2.37. The maximum atomic E-state index is 12.7. The first-order valence-electron chi connectivity index (χ1n) is 6.18. The molecule has 0 atom stereocenters. The van der Waals surface area contributed by atoms with Gasteiger partial charge in [-0.1, -0.05) is 31.3 Å². The van der Waals surface area contributed by atoms with Crippen molar-refractivity contribution in [2.75, 3.05) is 0 Å². The molecule has 0 spiro atoms. The summed E-state index contributed by atoms with van der Waals surface area (Å²) in [6.45, 7) is 2.00. The van der Waals surface area contributed by atoms with Crippen LogP contribution in [0.3, 0.4) is 0 Å². The molecule has 6 heteroatoms. The number of rotatable bonds is 3. The zero-order chi connectivity index (χ0) is 14.8. The smallest absolute Gasteiger partial charge is 0.343 e. The molecule has 2 rings (SSSR count). The minimum absolute atomic E-state index is 0.375. The number of alkyl halides is 3. The van der Waals surface area contributed by atoms with Gasteiger partial charge in [0.25, 0.3) is 0 Å². The Balaban J connectivity index is 2.49. The molecule has 0 radical (unpaired) electrons. The lowest BCUT2D eigenvalue weighted by Crippen LogP contribution is -2.05. The van der Waals surface area contributed by atoms with Crippen LogP contribution < -0.4 is 0 Å². The minimum atomic E-state index is -4.36. The Hall–Kier alpha value is -1.69. The van der Waals surface area contributed by atoms with Crippen LogP contribution in [0.1, 0.15) is 24.7 Å². The van der Waals surface area contributed by atoms with E-state index >= 15 is 0 Å². The molecule has 0 amide bonds. The van der Waals surface area contributed by atoms with Gasteiger partial charge < -0.3 is 4.98 Å². The first-order valence-corrected chi connectivity index (χ1v) is 6.59. The fourth-order valence-corrected chi connectivity index (χ4v) is 2.11.